The first-order valence-corrected chi connectivity index (χ1v) is 10.2. The van der Waals surface area contributed by atoms with Crippen LogP contribution in [0.5, 0.6) is 5.75 Å². The molecule has 0 heterocycles. The average molecular weight is 379 g/mol. The van der Waals surface area contributed by atoms with Crippen LogP contribution in [0.1, 0.15) is 69.8 Å². The highest BCUT2D eigenvalue weighted by Gasteiger charge is 2.29. The van der Waals surface area contributed by atoms with Crippen LogP contribution in [-0.2, 0) is 19.0 Å². The lowest BCUT2D eigenvalue weighted by molar-refractivity contribution is -0.151. The predicted molar refractivity (Wildman–Crippen MR) is 105 cm³/mol. The minimum absolute atomic E-state index is 0.00276. The van der Waals surface area contributed by atoms with Crippen LogP contribution in [0.3, 0.4) is 0 Å². The van der Waals surface area contributed by atoms with Crippen LogP contribution in [0.25, 0.3) is 0 Å². The Kier molecular flexibility index (Phi) is 10.2. The fourth-order valence-corrected chi connectivity index (χ4v) is 3.49. The molecule has 0 spiro atoms. The van der Waals surface area contributed by atoms with E-state index in [0.717, 1.165) is 44.3 Å². The second-order valence-electron chi connectivity index (χ2n) is 7.11. The highest BCUT2D eigenvalue weighted by atomic mass is 16.7. The first-order chi connectivity index (χ1) is 13.2. The molecule has 0 aromatic heterocycles. The zero-order valence-corrected chi connectivity index (χ0v) is 16.8. The zero-order chi connectivity index (χ0) is 19.3. The van der Waals surface area contributed by atoms with Crippen LogP contribution < -0.4 is 4.74 Å². The summed E-state index contributed by atoms with van der Waals surface area (Å²) >= 11 is 0. The molecular formula is C22H34O5. The molecule has 0 bridgehead atoms. The van der Waals surface area contributed by atoms with Crippen LogP contribution in [0.2, 0.25) is 0 Å². The van der Waals surface area contributed by atoms with E-state index in [2.05, 4.69) is 19.1 Å². The Morgan fingerprint density at radius 3 is 2.59 bits per heavy atom. The SMILES string of the molecule is CCCCCC(=O)OC1CCCCC1c1ccc(OCOCCOC)cc1. The van der Waals surface area contributed by atoms with Crippen LogP contribution in [0, 0.1) is 0 Å². The van der Waals surface area contributed by atoms with Crippen molar-refractivity contribution in [2.24, 2.45) is 0 Å². The third-order valence-electron chi connectivity index (χ3n) is 5.02. The number of esters is 1. The molecule has 0 saturated heterocycles. The first kappa shape index (κ1) is 21.7. The lowest BCUT2D eigenvalue weighted by Gasteiger charge is -2.31. The number of unbranched alkanes of at least 4 members (excludes halogenated alkanes) is 2. The minimum Gasteiger partial charge on any atom is -0.468 e. The van der Waals surface area contributed by atoms with Gasteiger partial charge in [0.25, 0.3) is 0 Å². The third-order valence-corrected chi connectivity index (χ3v) is 5.02. The number of hydrogen-bond acceptors (Lipinski definition) is 5. The number of carbonyl (C=O) groups is 1. The van der Waals surface area contributed by atoms with Crippen molar-refractivity contribution in [3.63, 3.8) is 0 Å². The predicted octanol–water partition coefficient (Wildman–Crippen LogP) is 4.84. The monoisotopic (exact) mass is 378 g/mol. The van der Waals surface area contributed by atoms with Gasteiger partial charge in [0.05, 0.1) is 13.2 Å². The van der Waals surface area contributed by atoms with Gasteiger partial charge in [0.1, 0.15) is 11.9 Å². The van der Waals surface area contributed by atoms with E-state index in [-0.39, 0.29) is 24.8 Å². The van der Waals surface area contributed by atoms with Crippen molar-refractivity contribution in [1.29, 1.82) is 0 Å². The van der Waals surface area contributed by atoms with Crippen LogP contribution >= 0.6 is 0 Å². The standard InChI is InChI=1S/C22H34O5/c1-3-4-5-10-22(23)27-21-9-7-6-8-20(21)18-11-13-19(14-12-18)26-17-25-16-15-24-2/h11-14,20-21H,3-10,15-17H2,1-2H3. The minimum atomic E-state index is -0.0477. The maximum atomic E-state index is 12.1. The molecule has 0 aliphatic heterocycles. The summed E-state index contributed by atoms with van der Waals surface area (Å²) in [7, 11) is 1.64. The molecule has 0 radical (unpaired) electrons. The van der Waals surface area contributed by atoms with Crippen LogP contribution in [0.4, 0.5) is 0 Å². The van der Waals surface area contributed by atoms with Crippen molar-refractivity contribution < 1.29 is 23.7 Å². The summed E-state index contributed by atoms with van der Waals surface area (Å²) in [5.41, 5.74) is 1.22. The van der Waals surface area contributed by atoms with E-state index < -0.39 is 0 Å². The van der Waals surface area contributed by atoms with Crippen LogP contribution in [-0.4, -0.2) is 39.2 Å². The summed E-state index contributed by atoms with van der Waals surface area (Å²) in [5, 5.41) is 0. The Hall–Kier alpha value is -1.59. The molecule has 2 unspecified atom stereocenters. The maximum absolute atomic E-state index is 12.1. The van der Waals surface area contributed by atoms with Crippen molar-refractivity contribution in [2.75, 3.05) is 27.1 Å². The molecule has 1 aliphatic carbocycles. The average Bonchev–Trinajstić information content (AvgIpc) is 2.69. The van der Waals surface area contributed by atoms with Crippen molar-refractivity contribution >= 4 is 5.97 Å². The molecule has 1 aromatic carbocycles. The Morgan fingerprint density at radius 2 is 1.85 bits per heavy atom. The quantitative estimate of drug-likeness (QED) is 0.296. The molecule has 1 saturated carbocycles. The number of methoxy groups -OCH3 is 1. The van der Waals surface area contributed by atoms with Crippen LogP contribution in [0.15, 0.2) is 24.3 Å². The molecule has 27 heavy (non-hydrogen) atoms. The Morgan fingerprint density at radius 1 is 1.07 bits per heavy atom. The van der Waals surface area contributed by atoms with Gasteiger partial charge in [-0.2, -0.15) is 0 Å². The third kappa shape index (κ3) is 7.89. The van der Waals surface area contributed by atoms with E-state index in [1.54, 1.807) is 7.11 Å². The van der Waals surface area contributed by atoms with E-state index in [4.69, 9.17) is 18.9 Å². The fraction of sp³-hybridized carbons (Fsp3) is 0.682. The summed E-state index contributed by atoms with van der Waals surface area (Å²) in [6.45, 7) is 3.43. The molecule has 1 aromatic rings. The lowest BCUT2D eigenvalue weighted by atomic mass is 9.81. The molecule has 5 heteroatoms. The zero-order valence-electron chi connectivity index (χ0n) is 16.8. The van der Waals surface area contributed by atoms with Crippen molar-refractivity contribution in [3.8, 4) is 5.75 Å². The highest BCUT2D eigenvalue weighted by Crippen LogP contribution is 2.36. The maximum Gasteiger partial charge on any atom is 0.306 e. The molecule has 2 atom stereocenters. The number of benzene rings is 1. The highest BCUT2D eigenvalue weighted by molar-refractivity contribution is 5.69. The van der Waals surface area contributed by atoms with Gasteiger partial charge < -0.3 is 18.9 Å². The largest absolute Gasteiger partial charge is 0.468 e. The summed E-state index contributed by atoms with van der Waals surface area (Å²) in [6.07, 6.45) is 7.98. The Labute approximate surface area is 163 Å². The molecule has 0 N–H and O–H groups in total. The number of rotatable bonds is 12. The van der Waals surface area contributed by atoms with E-state index in [1.807, 2.05) is 12.1 Å². The summed E-state index contributed by atoms with van der Waals surface area (Å²) < 4.78 is 21.7. The van der Waals surface area contributed by atoms with Crippen molar-refractivity contribution in [3.05, 3.63) is 29.8 Å². The molecular weight excluding hydrogens is 344 g/mol. The second-order valence-corrected chi connectivity index (χ2v) is 7.11. The summed E-state index contributed by atoms with van der Waals surface area (Å²) in [6, 6.07) is 8.09. The number of hydrogen-bond donors (Lipinski definition) is 0. The lowest BCUT2D eigenvalue weighted by Crippen LogP contribution is -2.28. The van der Waals surface area contributed by atoms with Crippen molar-refractivity contribution in [1.82, 2.24) is 0 Å². The second kappa shape index (κ2) is 12.7. The van der Waals surface area contributed by atoms with E-state index in [9.17, 15) is 4.79 Å². The molecule has 1 fully saturated rings. The van der Waals surface area contributed by atoms with Gasteiger partial charge in [-0.3, -0.25) is 4.79 Å². The van der Waals surface area contributed by atoms with Gasteiger partial charge in [0, 0.05) is 19.4 Å². The van der Waals surface area contributed by atoms with Gasteiger partial charge in [0.15, 0.2) is 6.79 Å². The number of ether oxygens (including phenoxy) is 4. The normalized spacial score (nSPS) is 19.6. The summed E-state index contributed by atoms with van der Waals surface area (Å²) in [5.74, 6) is 1.01. The topological polar surface area (TPSA) is 54.0 Å². The molecule has 5 nitrogen and oxygen atoms in total. The van der Waals surface area contributed by atoms with Gasteiger partial charge in [-0.1, -0.05) is 38.3 Å². The van der Waals surface area contributed by atoms with Gasteiger partial charge in [-0.05, 0) is 43.4 Å². The smallest absolute Gasteiger partial charge is 0.306 e. The van der Waals surface area contributed by atoms with E-state index in [0.29, 0.717) is 19.6 Å². The van der Waals surface area contributed by atoms with Gasteiger partial charge in [-0.25, -0.2) is 0 Å². The summed E-state index contributed by atoms with van der Waals surface area (Å²) in [4.78, 5) is 12.1. The number of carbonyl (C=O) groups excluding carboxylic acids is 1. The molecule has 0 amide bonds. The van der Waals surface area contributed by atoms with Gasteiger partial charge >= 0.3 is 5.97 Å². The van der Waals surface area contributed by atoms with Gasteiger partial charge in [-0.15, -0.1) is 0 Å². The molecule has 152 valence electrons. The van der Waals surface area contributed by atoms with E-state index >= 15 is 0 Å². The molecule has 2 rings (SSSR count). The Bertz CT molecular complexity index is 528. The van der Waals surface area contributed by atoms with Gasteiger partial charge in [0.2, 0.25) is 0 Å². The first-order valence-electron chi connectivity index (χ1n) is 10.2. The fourth-order valence-electron chi connectivity index (χ4n) is 3.49. The molecule has 1 aliphatic rings. The van der Waals surface area contributed by atoms with E-state index in [1.165, 1.54) is 12.0 Å². The van der Waals surface area contributed by atoms with Crippen molar-refractivity contribution in [2.45, 2.75) is 70.3 Å². The Balaban J connectivity index is 1.85.